The number of fused-ring (bicyclic) bond motifs is 12. The van der Waals surface area contributed by atoms with Gasteiger partial charge in [0, 0.05) is 18.6 Å². The predicted octanol–water partition coefficient (Wildman–Crippen LogP) is 0.536. The number of H-pyrrole nitrogens is 3. The molecule has 0 aromatic carbocycles. The lowest BCUT2D eigenvalue weighted by molar-refractivity contribution is -0.183. The molecule has 12 aliphatic rings. The summed E-state index contributed by atoms with van der Waals surface area (Å²) < 4.78 is 224. The number of alkyl halides is 6. The van der Waals surface area contributed by atoms with Gasteiger partial charge in [-0.1, -0.05) is 0 Å². The Labute approximate surface area is 808 Å². The van der Waals surface area contributed by atoms with E-state index in [-0.39, 0.29) is 71.2 Å². The third-order valence-electron chi connectivity index (χ3n) is 24.6. The monoisotopic (exact) mass is 2210 g/mol. The van der Waals surface area contributed by atoms with Gasteiger partial charge < -0.3 is 134 Å². The van der Waals surface area contributed by atoms with Crippen molar-refractivity contribution in [1.29, 1.82) is 0 Å². The van der Waals surface area contributed by atoms with Crippen LogP contribution in [0.1, 0.15) is 37.4 Å². The summed E-state index contributed by atoms with van der Waals surface area (Å²) in [5.41, 5.74) is 29.9. The van der Waals surface area contributed by atoms with E-state index < -0.39 is 242 Å². The Hall–Kier alpha value is -7.89. The molecule has 6 unspecified atom stereocenters. The highest BCUT2D eigenvalue weighted by Crippen LogP contribution is 2.66. The van der Waals surface area contributed by atoms with E-state index in [1.165, 1.54) is 51.3 Å². The minimum atomic E-state index is -4.57. The number of aromatic amines is 3. The van der Waals surface area contributed by atoms with Gasteiger partial charge in [0.05, 0.1) is 114 Å². The van der Waals surface area contributed by atoms with E-state index in [0.29, 0.717) is 50.6 Å². The zero-order valence-corrected chi connectivity index (χ0v) is 80.3. The minimum Gasteiger partial charge on any atom is -0.397 e. The van der Waals surface area contributed by atoms with Crippen LogP contribution in [0.2, 0.25) is 0 Å². The molecule has 24 rings (SSSR count). The van der Waals surface area contributed by atoms with Crippen molar-refractivity contribution < 1.29 is 153 Å². The molecule has 12 fully saturated rings. The van der Waals surface area contributed by atoms with E-state index >= 15 is 26.3 Å². The Morgan fingerprint density at radius 2 is 0.560 bits per heavy atom. The summed E-state index contributed by atoms with van der Waals surface area (Å²) in [6, 6.07) is 4.71. The number of halogens is 6. The second-order valence-electron chi connectivity index (χ2n) is 33.3. The lowest BCUT2D eigenvalue weighted by Crippen LogP contribution is -2.46. The number of nitrogens with zero attached hydrogens (tertiary/aromatic N) is 18. The van der Waals surface area contributed by atoms with Crippen LogP contribution >= 0.6 is 40.3 Å². The number of nitrogens with one attached hydrogen (secondary N) is 3. The third-order valence-corrected chi connectivity index (χ3v) is 33.8. The van der Waals surface area contributed by atoms with Crippen LogP contribution < -0.4 is 51.1 Å². The van der Waals surface area contributed by atoms with Crippen LogP contribution in [-0.2, 0) is 168 Å². The molecule has 12 bridgehead atoms. The topological polar surface area (TPSA) is 754 Å². The molecule has 0 saturated carbocycles. The van der Waals surface area contributed by atoms with E-state index in [1.54, 1.807) is 18.2 Å². The van der Waals surface area contributed by atoms with Crippen LogP contribution in [0.25, 0.3) is 67.0 Å². The summed E-state index contributed by atoms with van der Waals surface area (Å²) in [5.74, 6) is -12.9. The minimum absolute atomic E-state index is 0.206. The first kappa shape index (κ1) is 97.8. The molecule has 756 valence electrons. The van der Waals surface area contributed by atoms with E-state index in [2.05, 4.69) is 74.8 Å². The predicted molar refractivity (Wildman–Crippen MR) is 482 cm³/mol. The lowest BCUT2D eigenvalue weighted by atomic mass is 10.0. The van der Waals surface area contributed by atoms with Crippen LogP contribution in [0.15, 0.2) is 89.1 Å². The normalized spacial score (nSPS) is 38.6. The van der Waals surface area contributed by atoms with Gasteiger partial charge in [0.1, 0.15) is 70.0 Å². The number of imidazole rings is 6. The molecule has 0 amide bonds. The van der Waals surface area contributed by atoms with E-state index in [1.807, 2.05) is 0 Å². The molecule has 27 atom stereocenters. The van der Waals surface area contributed by atoms with Gasteiger partial charge in [-0.25, -0.2) is 71.2 Å². The van der Waals surface area contributed by atoms with Gasteiger partial charge >= 0.3 is 58.1 Å². The molecule has 12 aromatic rings. The fourth-order valence-corrected chi connectivity index (χ4v) is 26.7. The molecule has 0 spiro atoms. The maximum absolute atomic E-state index is 16.0. The third kappa shape index (κ3) is 16.9. The molecule has 0 aliphatic carbocycles. The second kappa shape index (κ2) is 34.6. The largest absolute Gasteiger partial charge is 0.397 e. The Morgan fingerprint density at radius 1 is 0.326 bits per heavy atom. The molecule has 57 nitrogen and oxygen atoms in total. The van der Waals surface area contributed by atoms with Crippen molar-refractivity contribution in [2.45, 2.75) is 145 Å². The zero-order valence-electron chi connectivity index (χ0n) is 70.1. The van der Waals surface area contributed by atoms with Crippen LogP contribution in [0.3, 0.4) is 0 Å². The van der Waals surface area contributed by atoms with Gasteiger partial charge in [-0.15, -0.1) is 0 Å². The van der Waals surface area contributed by atoms with Crippen molar-refractivity contribution in [2.24, 2.45) is 0 Å². The first-order chi connectivity index (χ1) is 66.5. The molecule has 24 heterocycles. The molecule has 12 aromatic heterocycles. The van der Waals surface area contributed by atoms with Gasteiger partial charge in [0.25, 0.3) is 16.7 Å². The van der Waals surface area contributed by atoms with Gasteiger partial charge in [0.15, 0.2) is 124 Å². The molecular formula is C66H69F6N27O30P6S6. The molecular weight excluding hydrogens is 2140 g/mol. The SMILES string of the molecule is Nc1nc2c(ncn2[C@@H]2O[C@@H]3COP(O)(=S)O[C@H]4[C@H]5OC[C@]4(COP(O)(=S)O[C@@H]2C3(F)F)O[C@H]5n2cnc3c(N)ccnc32)c(=O)[nH]1.Nc1nc2c(ncn2[C@@H]2O[C@@H]3COP(O)(=S)O[C@H]4[C@H]5OC[C@]4(COP(O)(=S)O[C@@H]2C3(F)F)O[C@H]5n2cnc3c(N)ccnc32)c(=O)[nH]1.Nc1nc2c(ncn2[C@@H]2O[C@@H]3COP(O)(=S)O[C@H]4[C@H]5OC[C@]4(COP(O)(=S)O[C@@H]2C3(F)F)O[C@H]5n2cnc3c(N)ccnc32)c(=O)[nH]1. The number of rotatable bonds is 6. The number of hydrogen-bond acceptors (Lipinski definition) is 48. The fourth-order valence-electron chi connectivity index (χ4n) is 18.1. The van der Waals surface area contributed by atoms with Crippen LogP contribution in [0.5, 0.6) is 0 Å². The van der Waals surface area contributed by atoms with Crippen molar-refractivity contribution in [3.05, 3.63) is 106 Å². The number of ether oxygens (including phenoxy) is 9. The quantitative estimate of drug-likeness (QED) is 0.0798. The Balaban J connectivity index is 0.000000121. The number of pyridine rings is 3. The highest BCUT2D eigenvalue weighted by Gasteiger charge is 2.72. The summed E-state index contributed by atoms with van der Waals surface area (Å²) in [4.78, 5) is 160. The summed E-state index contributed by atoms with van der Waals surface area (Å²) >= 11 is 31.3. The number of hydrogen-bond donors (Lipinski definition) is 15. The Morgan fingerprint density at radius 3 is 0.823 bits per heavy atom. The van der Waals surface area contributed by atoms with Crippen molar-refractivity contribution in [2.75, 3.05) is 93.9 Å². The van der Waals surface area contributed by atoms with Crippen molar-refractivity contribution in [1.82, 2.24) is 102 Å². The Bertz CT molecular complexity index is 6950. The summed E-state index contributed by atoms with van der Waals surface area (Å²) in [7, 11) is 0. The van der Waals surface area contributed by atoms with Crippen LogP contribution in [0.4, 0.5) is 61.2 Å². The fraction of sp³-hybridized carbons (Fsp3) is 0.500. The number of aromatic nitrogens is 21. The summed E-state index contributed by atoms with van der Waals surface area (Å²) in [5, 5.41) is 0. The molecule has 21 N–H and O–H groups in total. The van der Waals surface area contributed by atoms with E-state index in [9.17, 15) is 43.7 Å². The molecule has 12 saturated heterocycles. The van der Waals surface area contributed by atoms with Gasteiger partial charge in [-0.05, 0) is 89.0 Å². The standard InChI is InChI=1S/3C22H23F2N9O10P2S2/c3*23-22(24)9-3-38-44(35,46)42-13-12-18(32-6-28-10-8(25)1-2-27-15(10)32)41-21(13,4-37-12)5-39-45(36,47)43-14(22)19(40-9)33-7-29-11-16(33)30-20(26)31-17(11)34/h3*1-2,6-7,9,12-14,18-19H,3-5H2,(H2,25,27)(H,35,46)(H,36,47)(H3,26,30,31,34)/t3*9-,12-,13+,14+,18-,19-,21-,44?,45?/m111/s1. The average Bonchev–Trinajstić information content (AvgIpc) is 1.56. The van der Waals surface area contributed by atoms with Crippen molar-refractivity contribution in [3.63, 3.8) is 0 Å². The maximum Gasteiger partial charge on any atom is 0.325 e. The van der Waals surface area contributed by atoms with Crippen molar-refractivity contribution in [3.8, 4) is 0 Å². The van der Waals surface area contributed by atoms with E-state index in [4.69, 9.17) is 202 Å². The number of anilines is 6. The van der Waals surface area contributed by atoms with Crippen molar-refractivity contribution >= 4 is 213 Å². The highest BCUT2D eigenvalue weighted by molar-refractivity contribution is 8.08. The molecule has 0 radical (unpaired) electrons. The number of nitrogen functional groups attached to an aromatic ring is 6. The summed E-state index contributed by atoms with van der Waals surface area (Å²) in [6.07, 6.45) is -16.7. The first-order valence-corrected chi connectivity index (χ1v) is 56.4. The smallest absolute Gasteiger partial charge is 0.325 e. The van der Waals surface area contributed by atoms with Crippen LogP contribution in [0, 0.1) is 0 Å². The number of nitrogens with two attached hydrogens (primary N) is 6. The molecule has 75 heteroatoms. The molecule has 12 aliphatic heterocycles. The van der Waals surface area contributed by atoms with Gasteiger partial charge in [0.2, 0.25) is 17.8 Å². The summed E-state index contributed by atoms with van der Waals surface area (Å²) in [6.45, 7) is -32.2. The van der Waals surface area contributed by atoms with Gasteiger partial charge in [-0.2, -0.15) is 15.0 Å². The second-order valence-corrected chi connectivity index (χ2v) is 50.0. The highest BCUT2D eigenvalue weighted by atomic mass is 32.5. The van der Waals surface area contributed by atoms with Gasteiger partial charge in [-0.3, -0.25) is 83.9 Å². The average molecular weight is 2210 g/mol. The first-order valence-electron chi connectivity index (χ1n) is 40.8. The maximum atomic E-state index is 16.0. The molecule has 141 heavy (non-hydrogen) atoms. The lowest BCUT2D eigenvalue weighted by Gasteiger charge is -2.33. The Kier molecular flexibility index (Phi) is 24.0. The zero-order chi connectivity index (χ0) is 99.3. The van der Waals surface area contributed by atoms with E-state index in [0.717, 1.165) is 32.7 Å². The van der Waals surface area contributed by atoms with Crippen LogP contribution in [-0.4, -0.2) is 299 Å².